The highest BCUT2D eigenvalue weighted by molar-refractivity contribution is 9.10. The van der Waals surface area contributed by atoms with E-state index in [1.54, 1.807) is 22.7 Å². The summed E-state index contributed by atoms with van der Waals surface area (Å²) >= 11 is 12.9. The molecular weight excluding hydrogens is 352 g/mol. The number of rotatable bonds is 3. The van der Waals surface area contributed by atoms with Crippen molar-refractivity contribution in [1.82, 2.24) is 4.98 Å². The Balaban J connectivity index is 1.95. The van der Waals surface area contributed by atoms with E-state index in [4.69, 9.17) is 11.6 Å². The molecule has 0 unspecified atom stereocenters. The van der Waals surface area contributed by atoms with E-state index in [-0.39, 0.29) is 0 Å². The number of fused-ring (bicyclic) bond motifs is 1. The molecule has 0 atom stereocenters. The van der Waals surface area contributed by atoms with E-state index < -0.39 is 0 Å². The van der Waals surface area contributed by atoms with Gasteiger partial charge in [-0.05, 0) is 38.3 Å². The number of thiophene rings is 2. The predicted molar refractivity (Wildman–Crippen MR) is 84.0 cm³/mol. The van der Waals surface area contributed by atoms with Crippen LogP contribution in [0.5, 0.6) is 0 Å². The molecule has 0 aliphatic carbocycles. The molecule has 0 radical (unpaired) electrons. The monoisotopic (exact) mass is 358 g/mol. The average molecular weight is 360 g/mol. The Kier molecular flexibility index (Phi) is 3.56. The molecule has 0 aromatic carbocycles. The molecule has 0 aliphatic heterocycles. The minimum atomic E-state index is 0.509. The molecule has 1 N–H and O–H groups in total. The van der Waals surface area contributed by atoms with Gasteiger partial charge in [-0.25, -0.2) is 4.98 Å². The van der Waals surface area contributed by atoms with Gasteiger partial charge < -0.3 is 5.32 Å². The first-order chi connectivity index (χ1) is 8.74. The summed E-state index contributed by atoms with van der Waals surface area (Å²) in [4.78, 5) is 4.33. The maximum atomic E-state index is 6.05. The van der Waals surface area contributed by atoms with Crippen LogP contribution >= 0.6 is 50.2 Å². The molecule has 3 aromatic rings. The maximum Gasteiger partial charge on any atom is 0.131 e. The van der Waals surface area contributed by atoms with Crippen molar-refractivity contribution in [3.05, 3.63) is 43.5 Å². The van der Waals surface area contributed by atoms with Gasteiger partial charge in [0.05, 0.1) is 20.4 Å². The molecule has 6 heteroatoms. The van der Waals surface area contributed by atoms with E-state index >= 15 is 0 Å². The third-order valence-corrected chi connectivity index (χ3v) is 5.35. The second kappa shape index (κ2) is 5.17. The molecule has 0 aliphatic rings. The Hall–Kier alpha value is -0.620. The van der Waals surface area contributed by atoms with E-state index in [0.29, 0.717) is 5.15 Å². The lowest BCUT2D eigenvalue weighted by Gasteiger charge is -2.07. The molecule has 0 saturated carbocycles. The van der Waals surface area contributed by atoms with Crippen molar-refractivity contribution in [2.24, 2.45) is 0 Å². The SMILES string of the molecule is Clc1cc(NCc2ccsc2)c2scc(Br)c2n1. The highest BCUT2D eigenvalue weighted by Gasteiger charge is 2.09. The van der Waals surface area contributed by atoms with Crippen LogP contribution in [-0.4, -0.2) is 4.98 Å². The van der Waals surface area contributed by atoms with Crippen LogP contribution < -0.4 is 5.32 Å². The van der Waals surface area contributed by atoms with Crippen molar-refractivity contribution in [3.63, 3.8) is 0 Å². The first kappa shape index (κ1) is 12.4. The summed E-state index contributed by atoms with van der Waals surface area (Å²) in [6.45, 7) is 0.800. The van der Waals surface area contributed by atoms with Crippen LogP contribution in [0.1, 0.15) is 5.56 Å². The molecule has 2 nitrogen and oxygen atoms in total. The second-order valence-corrected chi connectivity index (χ2v) is 6.64. The standard InChI is InChI=1S/C12H8BrClN2S2/c13-8-6-18-12-9(3-10(14)16-11(8)12)15-4-7-1-2-17-5-7/h1-3,5-6H,4H2,(H,15,16). The molecule has 3 rings (SSSR count). The fourth-order valence-electron chi connectivity index (χ4n) is 1.67. The van der Waals surface area contributed by atoms with E-state index in [2.05, 4.69) is 43.1 Å². The smallest absolute Gasteiger partial charge is 0.131 e. The zero-order valence-electron chi connectivity index (χ0n) is 9.11. The van der Waals surface area contributed by atoms with Gasteiger partial charge in [0.25, 0.3) is 0 Å². The van der Waals surface area contributed by atoms with Crippen LogP contribution in [0, 0.1) is 0 Å². The van der Waals surface area contributed by atoms with Crippen LogP contribution in [0.15, 0.2) is 32.7 Å². The summed E-state index contributed by atoms with van der Waals surface area (Å²) in [7, 11) is 0. The van der Waals surface area contributed by atoms with Crippen molar-refractivity contribution in [2.45, 2.75) is 6.54 Å². The number of nitrogens with one attached hydrogen (secondary N) is 1. The summed E-state index contributed by atoms with van der Waals surface area (Å²) in [6, 6.07) is 3.99. The van der Waals surface area contributed by atoms with E-state index in [1.165, 1.54) is 5.56 Å². The number of hydrogen-bond acceptors (Lipinski definition) is 4. The van der Waals surface area contributed by atoms with Crippen LogP contribution in [0.2, 0.25) is 5.15 Å². The summed E-state index contributed by atoms with van der Waals surface area (Å²) in [5.41, 5.74) is 3.23. The molecule has 3 aromatic heterocycles. The zero-order chi connectivity index (χ0) is 12.5. The van der Waals surface area contributed by atoms with Gasteiger partial charge in [0, 0.05) is 18.0 Å². The first-order valence-electron chi connectivity index (χ1n) is 5.22. The van der Waals surface area contributed by atoms with E-state index in [0.717, 1.165) is 26.9 Å². The lowest BCUT2D eigenvalue weighted by Crippen LogP contribution is -1.98. The highest BCUT2D eigenvalue weighted by atomic mass is 79.9. The van der Waals surface area contributed by atoms with Crippen molar-refractivity contribution >= 4 is 66.1 Å². The molecule has 18 heavy (non-hydrogen) atoms. The van der Waals surface area contributed by atoms with Crippen molar-refractivity contribution in [2.75, 3.05) is 5.32 Å². The number of pyridine rings is 1. The van der Waals surface area contributed by atoms with Gasteiger partial charge in [0.1, 0.15) is 5.15 Å². The van der Waals surface area contributed by atoms with Crippen molar-refractivity contribution in [1.29, 1.82) is 0 Å². The predicted octanol–water partition coefficient (Wildman–Crippen LogP) is 5.39. The van der Waals surface area contributed by atoms with Gasteiger partial charge in [-0.2, -0.15) is 11.3 Å². The largest absolute Gasteiger partial charge is 0.380 e. The number of hydrogen-bond donors (Lipinski definition) is 1. The highest BCUT2D eigenvalue weighted by Crippen LogP contribution is 2.35. The van der Waals surface area contributed by atoms with Crippen molar-refractivity contribution in [3.8, 4) is 0 Å². The van der Waals surface area contributed by atoms with Crippen LogP contribution in [0.3, 0.4) is 0 Å². The van der Waals surface area contributed by atoms with E-state index in [9.17, 15) is 0 Å². The number of anilines is 1. The first-order valence-corrected chi connectivity index (χ1v) is 8.21. The molecule has 92 valence electrons. The maximum absolute atomic E-state index is 6.05. The average Bonchev–Trinajstić information content (AvgIpc) is 2.97. The Morgan fingerprint density at radius 1 is 1.39 bits per heavy atom. The number of nitrogens with zero attached hydrogens (tertiary/aromatic N) is 1. The fourth-order valence-corrected chi connectivity index (χ4v) is 4.09. The van der Waals surface area contributed by atoms with Crippen LogP contribution in [-0.2, 0) is 6.54 Å². The van der Waals surface area contributed by atoms with Crippen LogP contribution in [0.25, 0.3) is 10.2 Å². The summed E-state index contributed by atoms with van der Waals surface area (Å²) in [5.74, 6) is 0. The Bertz CT molecular complexity index is 679. The minimum absolute atomic E-state index is 0.509. The minimum Gasteiger partial charge on any atom is -0.380 e. The molecular formula is C12H8BrClN2S2. The lowest BCUT2D eigenvalue weighted by molar-refractivity contribution is 1.17. The number of halogens is 2. The molecule has 0 fully saturated rings. The molecule has 0 amide bonds. The Morgan fingerprint density at radius 2 is 2.28 bits per heavy atom. The molecule has 3 heterocycles. The molecule has 0 saturated heterocycles. The normalized spacial score (nSPS) is 11.0. The molecule has 0 spiro atoms. The van der Waals surface area contributed by atoms with E-state index in [1.807, 2.05) is 11.4 Å². The van der Waals surface area contributed by atoms with Gasteiger partial charge in [-0.1, -0.05) is 11.6 Å². The Labute approximate surface area is 126 Å². The molecule has 0 bridgehead atoms. The van der Waals surface area contributed by atoms with Gasteiger partial charge >= 0.3 is 0 Å². The summed E-state index contributed by atoms with van der Waals surface area (Å²) in [5, 5.41) is 10.2. The van der Waals surface area contributed by atoms with Crippen LogP contribution in [0.4, 0.5) is 5.69 Å². The quantitative estimate of drug-likeness (QED) is 0.634. The Morgan fingerprint density at radius 3 is 3.06 bits per heavy atom. The number of aromatic nitrogens is 1. The third kappa shape index (κ3) is 2.40. The lowest BCUT2D eigenvalue weighted by atomic mass is 10.3. The summed E-state index contributed by atoms with van der Waals surface area (Å²) in [6.07, 6.45) is 0. The van der Waals surface area contributed by atoms with Gasteiger partial charge in [-0.3, -0.25) is 0 Å². The van der Waals surface area contributed by atoms with Gasteiger partial charge in [-0.15, -0.1) is 11.3 Å². The second-order valence-electron chi connectivity index (χ2n) is 3.74. The fraction of sp³-hybridized carbons (Fsp3) is 0.0833. The topological polar surface area (TPSA) is 24.9 Å². The van der Waals surface area contributed by atoms with Gasteiger partial charge in [0.2, 0.25) is 0 Å². The zero-order valence-corrected chi connectivity index (χ0v) is 13.1. The third-order valence-electron chi connectivity index (χ3n) is 2.51. The van der Waals surface area contributed by atoms with Gasteiger partial charge in [0.15, 0.2) is 0 Å². The van der Waals surface area contributed by atoms with Crippen molar-refractivity contribution < 1.29 is 0 Å². The summed E-state index contributed by atoms with van der Waals surface area (Å²) < 4.78 is 2.12.